The summed E-state index contributed by atoms with van der Waals surface area (Å²) in [5, 5.41) is 0.788. The van der Waals surface area contributed by atoms with Crippen molar-refractivity contribution < 1.29 is 13.9 Å². The first kappa shape index (κ1) is 21.5. The standard InChI is InChI=1S/C30H27NO4/c1-29(2)18-30(17-25(19-10-6-5-7-11-19)33-23-13-9-8-12-22(23)30)35-27-21-15-14-20(31(3)4)16-24(21)34-28(32)26(27)29/h5-17H,18H2,1-4H3. The third kappa shape index (κ3) is 3.34. The fourth-order valence-corrected chi connectivity index (χ4v) is 5.41. The van der Waals surface area contributed by atoms with E-state index in [1.165, 1.54) is 0 Å². The largest absolute Gasteiger partial charge is 0.477 e. The molecule has 0 aliphatic carbocycles. The highest BCUT2D eigenvalue weighted by molar-refractivity contribution is 5.88. The fourth-order valence-electron chi connectivity index (χ4n) is 5.41. The molecule has 0 saturated heterocycles. The minimum Gasteiger partial charge on any atom is -0.477 e. The molecule has 5 nitrogen and oxygen atoms in total. The number of rotatable bonds is 2. The summed E-state index contributed by atoms with van der Waals surface area (Å²) in [6.45, 7) is 4.17. The average molecular weight is 466 g/mol. The van der Waals surface area contributed by atoms with Crippen LogP contribution >= 0.6 is 0 Å². The molecule has 35 heavy (non-hydrogen) atoms. The van der Waals surface area contributed by atoms with Crippen LogP contribution in [0.15, 0.2) is 88.1 Å². The van der Waals surface area contributed by atoms with Crippen LogP contribution in [0.3, 0.4) is 0 Å². The third-order valence-corrected chi connectivity index (χ3v) is 7.01. The van der Waals surface area contributed by atoms with Gasteiger partial charge in [-0.1, -0.05) is 62.4 Å². The van der Waals surface area contributed by atoms with Crippen LogP contribution in [0.25, 0.3) is 16.7 Å². The number of benzene rings is 3. The quantitative estimate of drug-likeness (QED) is 0.328. The van der Waals surface area contributed by atoms with E-state index in [1.54, 1.807) is 0 Å². The van der Waals surface area contributed by atoms with Gasteiger partial charge in [0, 0.05) is 54.9 Å². The van der Waals surface area contributed by atoms with Crippen LogP contribution in [0.4, 0.5) is 5.69 Å². The average Bonchev–Trinajstić information content (AvgIpc) is 2.83. The van der Waals surface area contributed by atoms with E-state index in [9.17, 15) is 4.79 Å². The summed E-state index contributed by atoms with van der Waals surface area (Å²) in [5.41, 5.74) is 2.30. The first-order valence-electron chi connectivity index (χ1n) is 11.8. The summed E-state index contributed by atoms with van der Waals surface area (Å²) in [5.74, 6) is 2.08. The van der Waals surface area contributed by atoms with Crippen LogP contribution in [0.1, 0.15) is 37.0 Å². The molecule has 5 heteroatoms. The summed E-state index contributed by atoms with van der Waals surface area (Å²) in [6, 6.07) is 23.9. The lowest BCUT2D eigenvalue weighted by molar-refractivity contribution is 0.0541. The first-order chi connectivity index (χ1) is 16.8. The van der Waals surface area contributed by atoms with Crippen LogP contribution < -0.4 is 20.0 Å². The van der Waals surface area contributed by atoms with Gasteiger partial charge in [-0.05, 0) is 18.2 Å². The summed E-state index contributed by atoms with van der Waals surface area (Å²) in [6.07, 6.45) is 2.64. The Morgan fingerprint density at radius 3 is 2.43 bits per heavy atom. The molecule has 176 valence electrons. The maximum absolute atomic E-state index is 13.3. The van der Waals surface area contributed by atoms with E-state index in [-0.39, 0.29) is 5.63 Å². The molecule has 1 atom stereocenters. The van der Waals surface area contributed by atoms with Gasteiger partial charge in [0.15, 0.2) is 5.60 Å². The Hall–Kier alpha value is -3.99. The van der Waals surface area contributed by atoms with Crippen LogP contribution in [-0.4, -0.2) is 14.1 Å². The van der Waals surface area contributed by atoms with Gasteiger partial charge in [-0.15, -0.1) is 0 Å². The molecule has 3 heterocycles. The van der Waals surface area contributed by atoms with Crippen molar-refractivity contribution in [2.45, 2.75) is 31.3 Å². The second-order valence-corrected chi connectivity index (χ2v) is 10.2. The second-order valence-electron chi connectivity index (χ2n) is 10.2. The molecule has 0 N–H and O–H groups in total. The number of ether oxygens (including phenoxy) is 2. The van der Waals surface area contributed by atoms with Crippen molar-refractivity contribution in [1.82, 2.24) is 0 Å². The van der Waals surface area contributed by atoms with Gasteiger partial charge in [-0.25, -0.2) is 4.79 Å². The lowest BCUT2D eigenvalue weighted by Gasteiger charge is -2.46. The van der Waals surface area contributed by atoms with Gasteiger partial charge >= 0.3 is 5.63 Å². The zero-order valence-electron chi connectivity index (χ0n) is 20.3. The van der Waals surface area contributed by atoms with Crippen LogP contribution in [0.2, 0.25) is 0 Å². The summed E-state index contributed by atoms with van der Waals surface area (Å²) in [4.78, 5) is 15.3. The number of anilines is 1. The molecular weight excluding hydrogens is 438 g/mol. The lowest BCUT2D eigenvalue weighted by atomic mass is 9.69. The molecule has 2 aliphatic heterocycles. The van der Waals surface area contributed by atoms with Crippen LogP contribution in [-0.2, 0) is 11.0 Å². The Kier molecular flexibility index (Phi) is 4.62. The van der Waals surface area contributed by atoms with Crippen molar-refractivity contribution in [3.05, 3.63) is 106 Å². The van der Waals surface area contributed by atoms with Gasteiger partial charge in [0.2, 0.25) is 0 Å². The van der Waals surface area contributed by atoms with Crippen molar-refractivity contribution in [2.75, 3.05) is 19.0 Å². The fraction of sp³-hybridized carbons (Fsp3) is 0.233. The molecule has 0 saturated carbocycles. The van der Waals surface area contributed by atoms with Crippen molar-refractivity contribution in [2.24, 2.45) is 0 Å². The highest BCUT2D eigenvalue weighted by atomic mass is 16.5. The van der Waals surface area contributed by atoms with Gasteiger partial charge in [0.25, 0.3) is 0 Å². The van der Waals surface area contributed by atoms with E-state index in [0.29, 0.717) is 23.3 Å². The van der Waals surface area contributed by atoms with Crippen molar-refractivity contribution in [1.29, 1.82) is 0 Å². The number of hydrogen-bond donors (Lipinski definition) is 0. The number of para-hydroxylation sites is 1. The van der Waals surface area contributed by atoms with E-state index >= 15 is 0 Å². The van der Waals surface area contributed by atoms with Crippen LogP contribution in [0.5, 0.6) is 11.5 Å². The molecule has 0 bridgehead atoms. The highest BCUT2D eigenvalue weighted by Gasteiger charge is 2.50. The molecule has 0 fully saturated rings. The molecule has 1 spiro atoms. The van der Waals surface area contributed by atoms with Crippen molar-refractivity contribution in [3.63, 3.8) is 0 Å². The Morgan fingerprint density at radius 2 is 1.66 bits per heavy atom. The van der Waals surface area contributed by atoms with Gasteiger partial charge in [-0.3, -0.25) is 0 Å². The Labute approximate surface area is 204 Å². The summed E-state index contributed by atoms with van der Waals surface area (Å²) >= 11 is 0. The molecular formula is C30H27NO4. The second kappa shape index (κ2) is 7.51. The Bertz CT molecular complexity index is 1550. The van der Waals surface area contributed by atoms with E-state index in [4.69, 9.17) is 13.9 Å². The lowest BCUT2D eigenvalue weighted by Crippen LogP contribution is -2.46. The number of fused-ring (bicyclic) bond motifs is 5. The van der Waals surface area contributed by atoms with Crippen molar-refractivity contribution in [3.8, 4) is 11.5 Å². The minimum atomic E-state index is -0.808. The molecule has 0 radical (unpaired) electrons. The SMILES string of the molecule is CN(C)c1ccc2c3c(c(=O)oc2c1)C(C)(C)CC1(C=C(c2ccccc2)Oc2ccccc21)O3. The van der Waals surface area contributed by atoms with Gasteiger partial charge < -0.3 is 18.8 Å². The van der Waals surface area contributed by atoms with E-state index in [2.05, 4.69) is 19.9 Å². The van der Waals surface area contributed by atoms with Crippen molar-refractivity contribution >= 4 is 22.4 Å². The van der Waals surface area contributed by atoms with Crippen LogP contribution in [0, 0.1) is 0 Å². The molecule has 1 aromatic heterocycles. The smallest absolute Gasteiger partial charge is 0.343 e. The molecule has 3 aromatic carbocycles. The number of hydrogen-bond acceptors (Lipinski definition) is 5. The zero-order valence-corrected chi connectivity index (χ0v) is 20.3. The molecule has 0 amide bonds. The first-order valence-corrected chi connectivity index (χ1v) is 11.8. The van der Waals surface area contributed by atoms with E-state index < -0.39 is 11.0 Å². The predicted molar refractivity (Wildman–Crippen MR) is 138 cm³/mol. The number of nitrogens with zero attached hydrogens (tertiary/aromatic N) is 1. The monoisotopic (exact) mass is 465 g/mol. The minimum absolute atomic E-state index is 0.351. The van der Waals surface area contributed by atoms with Gasteiger partial charge in [-0.2, -0.15) is 0 Å². The predicted octanol–water partition coefficient (Wildman–Crippen LogP) is 6.25. The normalized spacial score (nSPS) is 19.8. The molecule has 1 unspecified atom stereocenters. The third-order valence-electron chi connectivity index (χ3n) is 7.01. The summed E-state index contributed by atoms with van der Waals surface area (Å²) in [7, 11) is 3.92. The topological polar surface area (TPSA) is 51.9 Å². The van der Waals surface area contributed by atoms with E-state index in [0.717, 1.165) is 33.7 Å². The van der Waals surface area contributed by atoms with Gasteiger partial charge in [0.05, 0.1) is 10.9 Å². The Morgan fingerprint density at radius 1 is 0.914 bits per heavy atom. The maximum atomic E-state index is 13.3. The highest BCUT2D eigenvalue weighted by Crippen LogP contribution is 2.54. The Balaban J connectivity index is 1.63. The molecule has 4 aromatic rings. The summed E-state index contributed by atoms with van der Waals surface area (Å²) < 4.78 is 19.1. The molecule has 2 aliphatic rings. The van der Waals surface area contributed by atoms with E-state index in [1.807, 2.05) is 91.8 Å². The van der Waals surface area contributed by atoms with Gasteiger partial charge in [0.1, 0.15) is 22.8 Å². The molecule has 6 rings (SSSR count). The zero-order chi connectivity index (χ0) is 24.4. The maximum Gasteiger partial charge on any atom is 0.343 e.